The van der Waals surface area contributed by atoms with Gasteiger partial charge in [-0.2, -0.15) is 0 Å². The van der Waals surface area contributed by atoms with Gasteiger partial charge in [-0.3, -0.25) is 4.79 Å². The Morgan fingerprint density at radius 1 is 1.04 bits per heavy atom. The maximum absolute atomic E-state index is 11.8. The molecule has 1 aromatic carbocycles. The van der Waals surface area contributed by atoms with E-state index in [0.717, 1.165) is 25.8 Å². The normalized spacial score (nSPS) is 11.5. The van der Waals surface area contributed by atoms with Crippen molar-refractivity contribution >= 4 is 5.91 Å². The van der Waals surface area contributed by atoms with E-state index in [4.69, 9.17) is 5.73 Å². The van der Waals surface area contributed by atoms with Crippen LogP contribution in [0.1, 0.15) is 83.3 Å². The fourth-order valence-electron chi connectivity index (χ4n) is 3.03. The predicted molar refractivity (Wildman–Crippen MR) is 103 cm³/mol. The third-order valence-electron chi connectivity index (χ3n) is 4.41. The average Bonchev–Trinajstić information content (AvgIpc) is 2.54. The first-order valence-corrected chi connectivity index (χ1v) is 9.59. The van der Waals surface area contributed by atoms with Crippen molar-refractivity contribution in [1.29, 1.82) is 0 Å². The largest absolute Gasteiger partial charge is 0.356 e. The minimum absolute atomic E-state index is 0.193. The molecule has 0 spiro atoms. The van der Waals surface area contributed by atoms with E-state index in [1.165, 1.54) is 43.2 Å². The molecule has 0 atom stereocenters. The number of amides is 1. The summed E-state index contributed by atoms with van der Waals surface area (Å²) in [5.41, 5.74) is 8.40. The molecule has 0 radical (unpaired) electrons. The van der Waals surface area contributed by atoms with E-state index < -0.39 is 0 Å². The molecule has 0 saturated carbocycles. The third-order valence-corrected chi connectivity index (χ3v) is 4.41. The fourth-order valence-corrected chi connectivity index (χ4v) is 3.03. The summed E-state index contributed by atoms with van der Waals surface area (Å²) in [6.07, 6.45) is 9.90. The van der Waals surface area contributed by atoms with Gasteiger partial charge in [-0.25, -0.2) is 0 Å². The Morgan fingerprint density at radius 2 is 1.71 bits per heavy atom. The minimum Gasteiger partial charge on any atom is -0.356 e. The van der Waals surface area contributed by atoms with Crippen molar-refractivity contribution in [2.24, 2.45) is 5.73 Å². The summed E-state index contributed by atoms with van der Waals surface area (Å²) in [5, 5.41) is 3.04. The topological polar surface area (TPSA) is 55.1 Å². The maximum Gasteiger partial charge on any atom is 0.219 e. The highest BCUT2D eigenvalue weighted by Gasteiger charge is 2.17. The Balaban J connectivity index is 2.19. The lowest BCUT2D eigenvalue weighted by Gasteiger charge is -2.23. The molecule has 0 aromatic heterocycles. The molecule has 1 amide bonds. The van der Waals surface area contributed by atoms with Crippen LogP contribution in [0.5, 0.6) is 0 Å². The number of hydrogen-bond acceptors (Lipinski definition) is 2. The van der Waals surface area contributed by atoms with Crippen LogP contribution in [0, 0.1) is 0 Å². The molecule has 0 fully saturated rings. The van der Waals surface area contributed by atoms with Crippen molar-refractivity contribution in [3.63, 3.8) is 0 Å². The lowest BCUT2D eigenvalue weighted by atomic mass is 9.89. The average molecular weight is 333 g/mol. The molecule has 0 heterocycles. The molecule has 3 nitrogen and oxygen atoms in total. The molecule has 1 rings (SSSR count). The Labute approximate surface area is 148 Å². The zero-order chi connectivity index (χ0) is 17.8. The van der Waals surface area contributed by atoms with Gasteiger partial charge >= 0.3 is 0 Å². The van der Waals surface area contributed by atoms with E-state index in [2.05, 4.69) is 30.4 Å². The Bertz CT molecular complexity index is 477. The fraction of sp³-hybridized carbons (Fsp3) is 0.667. The molecule has 0 bridgehead atoms. The van der Waals surface area contributed by atoms with E-state index in [-0.39, 0.29) is 11.4 Å². The highest BCUT2D eigenvalue weighted by Crippen LogP contribution is 2.22. The Hall–Kier alpha value is -1.35. The summed E-state index contributed by atoms with van der Waals surface area (Å²) in [6, 6.07) is 8.34. The molecule has 0 aliphatic heterocycles. The van der Waals surface area contributed by atoms with E-state index in [1.807, 2.05) is 19.9 Å². The quantitative estimate of drug-likeness (QED) is 0.546. The summed E-state index contributed by atoms with van der Waals surface area (Å²) in [4.78, 5) is 11.8. The highest BCUT2D eigenvalue weighted by atomic mass is 16.1. The second-order valence-electron chi connectivity index (χ2n) is 7.35. The zero-order valence-corrected chi connectivity index (χ0v) is 15.9. The molecule has 1 aromatic rings. The van der Waals surface area contributed by atoms with Gasteiger partial charge < -0.3 is 11.1 Å². The molecule has 0 unspecified atom stereocenters. The van der Waals surface area contributed by atoms with Gasteiger partial charge in [0.2, 0.25) is 5.91 Å². The van der Waals surface area contributed by atoms with Crippen LogP contribution >= 0.6 is 0 Å². The Kier molecular flexibility index (Phi) is 9.70. The monoisotopic (exact) mass is 332 g/mol. The first-order valence-electron chi connectivity index (χ1n) is 9.59. The lowest BCUT2D eigenvalue weighted by molar-refractivity contribution is -0.121. The summed E-state index contributed by atoms with van der Waals surface area (Å²) < 4.78 is 0. The highest BCUT2D eigenvalue weighted by molar-refractivity contribution is 5.75. The van der Waals surface area contributed by atoms with Gasteiger partial charge in [-0.1, -0.05) is 63.3 Å². The van der Waals surface area contributed by atoms with Crippen LogP contribution in [0.15, 0.2) is 24.3 Å². The van der Waals surface area contributed by atoms with Crippen LogP contribution in [0.3, 0.4) is 0 Å². The van der Waals surface area contributed by atoms with Gasteiger partial charge in [0.15, 0.2) is 0 Å². The molecular formula is C21H36N2O. The first-order chi connectivity index (χ1) is 11.4. The number of aryl methyl sites for hydroxylation is 1. The van der Waals surface area contributed by atoms with Gasteiger partial charge in [0.1, 0.15) is 0 Å². The van der Waals surface area contributed by atoms with Crippen molar-refractivity contribution in [3.05, 3.63) is 35.4 Å². The van der Waals surface area contributed by atoms with Gasteiger partial charge in [0, 0.05) is 18.5 Å². The summed E-state index contributed by atoms with van der Waals surface area (Å²) in [7, 11) is 0. The number of unbranched alkanes of at least 4 members (excludes halogenated alkanes) is 5. The van der Waals surface area contributed by atoms with Crippen molar-refractivity contribution in [3.8, 4) is 0 Å². The first kappa shape index (κ1) is 20.7. The van der Waals surface area contributed by atoms with Crippen LogP contribution < -0.4 is 11.1 Å². The Morgan fingerprint density at radius 3 is 2.42 bits per heavy atom. The third kappa shape index (κ3) is 8.49. The van der Waals surface area contributed by atoms with Crippen molar-refractivity contribution in [2.75, 3.05) is 6.54 Å². The van der Waals surface area contributed by atoms with Crippen LogP contribution in [0.25, 0.3) is 0 Å². The smallest absolute Gasteiger partial charge is 0.219 e. The van der Waals surface area contributed by atoms with Crippen LogP contribution in [-0.4, -0.2) is 12.5 Å². The van der Waals surface area contributed by atoms with Crippen LogP contribution in [0.4, 0.5) is 0 Å². The SMILES string of the molecule is CCCCCCCCC(=O)NCCCc1ccccc1C(C)(C)N. The molecule has 24 heavy (non-hydrogen) atoms. The molecule has 0 saturated heterocycles. The van der Waals surface area contributed by atoms with Gasteiger partial charge in [-0.05, 0) is 44.2 Å². The summed E-state index contributed by atoms with van der Waals surface area (Å²) in [6.45, 7) is 7.04. The molecule has 0 aliphatic rings. The second-order valence-corrected chi connectivity index (χ2v) is 7.35. The number of nitrogens with one attached hydrogen (secondary N) is 1. The zero-order valence-electron chi connectivity index (χ0n) is 15.9. The molecule has 3 heteroatoms. The number of benzene rings is 1. The number of carbonyl (C=O) groups is 1. The van der Waals surface area contributed by atoms with Crippen LogP contribution in [0.2, 0.25) is 0 Å². The molecule has 136 valence electrons. The van der Waals surface area contributed by atoms with Gasteiger partial charge in [0.25, 0.3) is 0 Å². The van der Waals surface area contributed by atoms with Crippen molar-refractivity contribution < 1.29 is 4.79 Å². The molecule has 3 N–H and O–H groups in total. The summed E-state index contributed by atoms with van der Waals surface area (Å²) in [5.74, 6) is 0.193. The maximum atomic E-state index is 11.8. The lowest BCUT2D eigenvalue weighted by Crippen LogP contribution is -2.30. The number of rotatable bonds is 12. The van der Waals surface area contributed by atoms with E-state index in [9.17, 15) is 4.79 Å². The number of nitrogens with two attached hydrogens (primary N) is 1. The van der Waals surface area contributed by atoms with E-state index in [1.54, 1.807) is 0 Å². The summed E-state index contributed by atoms with van der Waals surface area (Å²) >= 11 is 0. The van der Waals surface area contributed by atoms with E-state index in [0.29, 0.717) is 6.42 Å². The van der Waals surface area contributed by atoms with Gasteiger partial charge in [-0.15, -0.1) is 0 Å². The molecule has 0 aliphatic carbocycles. The number of carbonyl (C=O) groups excluding carboxylic acids is 1. The minimum atomic E-state index is -0.322. The van der Waals surface area contributed by atoms with Gasteiger partial charge in [0.05, 0.1) is 0 Å². The van der Waals surface area contributed by atoms with Crippen molar-refractivity contribution in [2.45, 2.75) is 84.1 Å². The number of hydrogen-bond donors (Lipinski definition) is 2. The standard InChI is InChI=1S/C21H36N2O/c1-4-5-6-7-8-9-16-20(24)23-17-12-14-18-13-10-11-15-19(18)21(2,3)22/h10-11,13,15H,4-9,12,14,16-17,22H2,1-3H3,(H,23,24). The second kappa shape index (κ2) is 11.2. The molecular weight excluding hydrogens is 296 g/mol. The van der Waals surface area contributed by atoms with E-state index >= 15 is 0 Å². The predicted octanol–water partition coefficient (Wildman–Crippen LogP) is 4.68. The van der Waals surface area contributed by atoms with Crippen molar-refractivity contribution in [1.82, 2.24) is 5.32 Å². The van der Waals surface area contributed by atoms with Crippen LogP contribution in [-0.2, 0) is 16.8 Å².